The molecule has 2 heterocycles. The molecule has 2 aromatic rings. The number of anilines is 2. The zero-order valence-electron chi connectivity index (χ0n) is 11.5. The number of nitrogens with one attached hydrogen (secondary N) is 1. The minimum atomic E-state index is 0.763. The number of para-hydroxylation sites is 2. The van der Waals surface area contributed by atoms with Gasteiger partial charge >= 0.3 is 0 Å². The van der Waals surface area contributed by atoms with Crippen molar-refractivity contribution in [2.24, 2.45) is 0 Å². The molecule has 0 saturated heterocycles. The lowest BCUT2D eigenvalue weighted by molar-refractivity contribution is 0.322. The second-order valence-corrected chi connectivity index (χ2v) is 5.42. The predicted molar refractivity (Wildman–Crippen MR) is 81.7 cm³/mol. The fraction of sp³-hybridized carbons (Fsp3) is 0.429. The van der Waals surface area contributed by atoms with Crippen LogP contribution in [0.4, 0.5) is 10.7 Å². The van der Waals surface area contributed by atoms with Crippen molar-refractivity contribution in [3.05, 3.63) is 30.0 Å². The average Bonchev–Trinajstić information content (AvgIpc) is 2.80. The molecule has 0 radical (unpaired) electrons. The molecule has 1 aromatic heterocycles. The standard InChI is InChI=1S/C14H18N4OS/c1-2-15-14-11(16-17-20-14)10-18-8-5-9-19-13-7-4-3-6-12(13)18/h3-4,6-7,15H,2,5,8-10H2,1H3. The molecule has 0 bridgehead atoms. The summed E-state index contributed by atoms with van der Waals surface area (Å²) in [6.45, 7) is 5.47. The van der Waals surface area contributed by atoms with Crippen molar-refractivity contribution in [2.75, 3.05) is 29.9 Å². The fourth-order valence-electron chi connectivity index (χ4n) is 2.35. The first-order valence-corrected chi connectivity index (χ1v) is 7.67. The van der Waals surface area contributed by atoms with Crippen molar-refractivity contribution in [1.82, 2.24) is 9.59 Å². The van der Waals surface area contributed by atoms with E-state index in [1.165, 1.54) is 11.5 Å². The first kappa shape index (κ1) is 13.2. The van der Waals surface area contributed by atoms with Crippen molar-refractivity contribution in [1.29, 1.82) is 0 Å². The van der Waals surface area contributed by atoms with Crippen LogP contribution >= 0.6 is 11.5 Å². The summed E-state index contributed by atoms with van der Waals surface area (Å²) >= 11 is 1.42. The van der Waals surface area contributed by atoms with Crippen molar-refractivity contribution in [3.63, 3.8) is 0 Å². The SMILES string of the molecule is CCNc1snnc1CN1CCCOc2ccccc21. The molecule has 0 aliphatic carbocycles. The van der Waals surface area contributed by atoms with E-state index < -0.39 is 0 Å². The Labute approximate surface area is 122 Å². The van der Waals surface area contributed by atoms with E-state index in [1.54, 1.807) is 0 Å². The van der Waals surface area contributed by atoms with Gasteiger partial charge in [-0.3, -0.25) is 0 Å². The summed E-state index contributed by atoms with van der Waals surface area (Å²) in [7, 11) is 0. The molecule has 0 atom stereocenters. The van der Waals surface area contributed by atoms with E-state index in [0.29, 0.717) is 0 Å². The van der Waals surface area contributed by atoms with E-state index in [2.05, 4.69) is 32.8 Å². The number of aromatic nitrogens is 2. The first-order chi connectivity index (χ1) is 9.88. The van der Waals surface area contributed by atoms with Crippen LogP contribution in [0.25, 0.3) is 0 Å². The van der Waals surface area contributed by atoms with Crippen LogP contribution in [-0.4, -0.2) is 29.3 Å². The minimum absolute atomic E-state index is 0.763. The summed E-state index contributed by atoms with van der Waals surface area (Å²) in [5.74, 6) is 0.957. The van der Waals surface area contributed by atoms with E-state index in [-0.39, 0.29) is 0 Å². The summed E-state index contributed by atoms with van der Waals surface area (Å²) in [5, 5.41) is 8.64. The van der Waals surface area contributed by atoms with Crippen molar-refractivity contribution in [2.45, 2.75) is 19.9 Å². The summed E-state index contributed by atoms with van der Waals surface area (Å²) < 4.78 is 9.84. The number of rotatable bonds is 4. The molecule has 0 spiro atoms. The molecule has 20 heavy (non-hydrogen) atoms. The lowest BCUT2D eigenvalue weighted by Gasteiger charge is -2.23. The molecule has 1 N–H and O–H groups in total. The van der Waals surface area contributed by atoms with E-state index in [4.69, 9.17) is 4.74 Å². The Morgan fingerprint density at radius 1 is 1.40 bits per heavy atom. The highest BCUT2D eigenvalue weighted by Gasteiger charge is 2.18. The lowest BCUT2D eigenvalue weighted by atomic mass is 10.2. The van der Waals surface area contributed by atoms with Gasteiger partial charge in [-0.25, -0.2) is 0 Å². The zero-order chi connectivity index (χ0) is 13.8. The third kappa shape index (κ3) is 2.70. The maximum atomic E-state index is 5.78. The van der Waals surface area contributed by atoms with Gasteiger partial charge in [0.05, 0.1) is 18.8 Å². The van der Waals surface area contributed by atoms with Gasteiger partial charge in [-0.2, -0.15) is 0 Å². The topological polar surface area (TPSA) is 50.3 Å². The van der Waals surface area contributed by atoms with Gasteiger partial charge in [-0.05, 0) is 25.5 Å². The molecular weight excluding hydrogens is 272 g/mol. The third-order valence-electron chi connectivity index (χ3n) is 3.27. The molecule has 3 rings (SSSR count). The Morgan fingerprint density at radius 3 is 3.20 bits per heavy atom. The van der Waals surface area contributed by atoms with Crippen LogP contribution < -0.4 is 15.0 Å². The van der Waals surface area contributed by atoms with Gasteiger partial charge in [0.2, 0.25) is 0 Å². The molecule has 5 nitrogen and oxygen atoms in total. The average molecular weight is 290 g/mol. The molecule has 106 valence electrons. The number of benzene rings is 1. The van der Waals surface area contributed by atoms with Crippen LogP contribution in [0.3, 0.4) is 0 Å². The Hall–Kier alpha value is -1.82. The smallest absolute Gasteiger partial charge is 0.142 e. The molecule has 0 fully saturated rings. The van der Waals surface area contributed by atoms with Crippen molar-refractivity contribution < 1.29 is 4.74 Å². The molecular formula is C14H18N4OS. The molecule has 1 aromatic carbocycles. The van der Waals surface area contributed by atoms with Gasteiger partial charge in [-0.15, -0.1) is 5.10 Å². The highest BCUT2D eigenvalue weighted by molar-refractivity contribution is 7.10. The largest absolute Gasteiger partial charge is 0.491 e. The normalized spacial score (nSPS) is 14.3. The van der Waals surface area contributed by atoms with E-state index in [0.717, 1.165) is 54.8 Å². The van der Waals surface area contributed by atoms with E-state index in [1.807, 2.05) is 18.2 Å². The quantitative estimate of drug-likeness (QED) is 0.938. The van der Waals surface area contributed by atoms with Gasteiger partial charge in [0.25, 0.3) is 0 Å². The molecule has 0 unspecified atom stereocenters. The predicted octanol–water partition coefficient (Wildman–Crippen LogP) is 2.76. The van der Waals surface area contributed by atoms with Crippen LogP contribution in [0.15, 0.2) is 24.3 Å². The summed E-state index contributed by atoms with van der Waals surface area (Å²) in [4.78, 5) is 2.32. The first-order valence-electron chi connectivity index (χ1n) is 6.90. The summed E-state index contributed by atoms with van der Waals surface area (Å²) in [5.41, 5.74) is 2.15. The zero-order valence-corrected chi connectivity index (χ0v) is 12.3. The number of hydrogen-bond donors (Lipinski definition) is 1. The highest BCUT2D eigenvalue weighted by Crippen LogP contribution is 2.32. The fourth-order valence-corrected chi connectivity index (χ4v) is 2.99. The van der Waals surface area contributed by atoms with Crippen molar-refractivity contribution in [3.8, 4) is 5.75 Å². The van der Waals surface area contributed by atoms with Gasteiger partial charge in [0.15, 0.2) is 0 Å². The molecule has 6 heteroatoms. The lowest BCUT2D eigenvalue weighted by Crippen LogP contribution is -2.24. The highest BCUT2D eigenvalue weighted by atomic mass is 32.1. The number of hydrogen-bond acceptors (Lipinski definition) is 6. The second-order valence-electron chi connectivity index (χ2n) is 4.67. The molecule has 0 amide bonds. The Bertz CT molecular complexity index is 572. The molecule has 1 aliphatic rings. The number of ether oxygens (including phenoxy) is 1. The summed E-state index contributed by atoms with van der Waals surface area (Å²) in [6.07, 6.45) is 1.02. The maximum absolute atomic E-state index is 5.78. The van der Waals surface area contributed by atoms with Crippen LogP contribution in [-0.2, 0) is 6.54 Å². The molecule has 0 saturated carbocycles. The minimum Gasteiger partial charge on any atom is -0.491 e. The van der Waals surface area contributed by atoms with Crippen LogP contribution in [0.5, 0.6) is 5.75 Å². The monoisotopic (exact) mass is 290 g/mol. The van der Waals surface area contributed by atoms with Gasteiger partial charge in [0.1, 0.15) is 16.4 Å². The Balaban J connectivity index is 1.85. The number of fused-ring (bicyclic) bond motifs is 1. The Morgan fingerprint density at radius 2 is 2.30 bits per heavy atom. The van der Waals surface area contributed by atoms with Crippen molar-refractivity contribution >= 4 is 22.2 Å². The van der Waals surface area contributed by atoms with Crippen LogP contribution in [0, 0.1) is 0 Å². The van der Waals surface area contributed by atoms with E-state index in [9.17, 15) is 0 Å². The summed E-state index contributed by atoms with van der Waals surface area (Å²) in [6, 6.07) is 8.19. The number of nitrogens with zero attached hydrogens (tertiary/aromatic N) is 3. The van der Waals surface area contributed by atoms with E-state index >= 15 is 0 Å². The third-order valence-corrected chi connectivity index (χ3v) is 4.00. The van der Waals surface area contributed by atoms with Crippen LogP contribution in [0.2, 0.25) is 0 Å². The maximum Gasteiger partial charge on any atom is 0.142 e. The van der Waals surface area contributed by atoms with Gasteiger partial charge < -0.3 is 15.0 Å². The Kier molecular flexibility index (Phi) is 4.01. The van der Waals surface area contributed by atoms with Gasteiger partial charge in [-0.1, -0.05) is 16.6 Å². The van der Waals surface area contributed by atoms with Gasteiger partial charge in [0, 0.05) is 24.6 Å². The molecule has 1 aliphatic heterocycles. The van der Waals surface area contributed by atoms with Crippen LogP contribution in [0.1, 0.15) is 19.0 Å². The second kappa shape index (κ2) is 6.09.